The molecular weight excluding hydrogens is 567 g/mol. The summed E-state index contributed by atoms with van der Waals surface area (Å²) in [6.07, 6.45) is 12.4. The maximum absolute atomic E-state index is 13.8. The summed E-state index contributed by atoms with van der Waals surface area (Å²) in [5.41, 5.74) is 7.17. The molecule has 0 bridgehead atoms. The number of carbonyl (C=O) groups is 2. The molecule has 3 aromatic carbocycles. The first-order chi connectivity index (χ1) is 20.5. The van der Waals surface area contributed by atoms with Crippen LogP contribution < -0.4 is 0 Å². The van der Waals surface area contributed by atoms with Crippen molar-refractivity contribution in [1.29, 1.82) is 0 Å². The third kappa shape index (κ3) is 6.04. The predicted octanol–water partition coefficient (Wildman–Crippen LogP) is 8.21. The highest BCUT2D eigenvalue weighted by molar-refractivity contribution is 6.42. The first kappa shape index (κ1) is 28.7. The van der Waals surface area contributed by atoms with Gasteiger partial charge in [-0.3, -0.25) is 4.79 Å². The molecule has 1 atom stereocenters. The van der Waals surface area contributed by atoms with Gasteiger partial charge in [-0.1, -0.05) is 59.6 Å². The van der Waals surface area contributed by atoms with E-state index in [1.807, 2.05) is 47.2 Å². The number of ketones is 1. The van der Waals surface area contributed by atoms with Crippen LogP contribution in [0.5, 0.6) is 0 Å². The molecule has 2 aliphatic carbocycles. The maximum atomic E-state index is 13.8. The Morgan fingerprint density at radius 2 is 1.50 bits per heavy atom. The number of benzene rings is 3. The zero-order valence-corrected chi connectivity index (χ0v) is 25.1. The van der Waals surface area contributed by atoms with Crippen LogP contribution >= 0.6 is 23.2 Å². The van der Waals surface area contributed by atoms with Gasteiger partial charge in [0.2, 0.25) is 5.78 Å². The molecule has 5 nitrogen and oxygen atoms in total. The van der Waals surface area contributed by atoms with Gasteiger partial charge in [0, 0.05) is 30.4 Å². The Labute approximate surface area is 256 Å². The molecule has 0 spiro atoms. The lowest BCUT2D eigenvalue weighted by Gasteiger charge is -2.22. The van der Waals surface area contributed by atoms with Gasteiger partial charge in [0.25, 0.3) is 0 Å². The van der Waals surface area contributed by atoms with Crippen molar-refractivity contribution in [1.82, 2.24) is 9.55 Å². The second-order valence-electron chi connectivity index (χ2n) is 11.3. The number of imidazole rings is 1. The van der Waals surface area contributed by atoms with Crippen molar-refractivity contribution in [2.75, 3.05) is 6.61 Å². The van der Waals surface area contributed by atoms with E-state index in [1.165, 1.54) is 11.1 Å². The van der Waals surface area contributed by atoms with Crippen LogP contribution in [0.25, 0.3) is 0 Å². The van der Waals surface area contributed by atoms with E-state index in [2.05, 4.69) is 17.1 Å². The van der Waals surface area contributed by atoms with Crippen LogP contribution in [-0.4, -0.2) is 27.9 Å². The van der Waals surface area contributed by atoms with Crippen molar-refractivity contribution >= 4 is 35.0 Å². The molecule has 0 saturated carbocycles. The second kappa shape index (κ2) is 12.8. The van der Waals surface area contributed by atoms with Gasteiger partial charge in [-0.2, -0.15) is 0 Å². The molecule has 216 valence electrons. The van der Waals surface area contributed by atoms with E-state index in [1.54, 1.807) is 12.3 Å². The second-order valence-corrected chi connectivity index (χ2v) is 12.1. The Hall–Kier alpha value is -3.41. The van der Waals surface area contributed by atoms with Gasteiger partial charge in [0.05, 0.1) is 22.2 Å². The number of rotatable bonds is 9. The smallest absolute Gasteiger partial charge is 0.338 e. The van der Waals surface area contributed by atoms with Gasteiger partial charge in [-0.05, 0) is 104 Å². The van der Waals surface area contributed by atoms with Gasteiger partial charge < -0.3 is 9.30 Å². The van der Waals surface area contributed by atoms with E-state index >= 15 is 0 Å². The summed E-state index contributed by atoms with van der Waals surface area (Å²) in [5, 5.41) is 0.941. The fourth-order valence-corrected chi connectivity index (χ4v) is 6.80. The number of hydrogen-bond donors (Lipinski definition) is 0. The molecule has 0 saturated heterocycles. The Bertz CT molecular complexity index is 1630. The first-order valence-corrected chi connectivity index (χ1v) is 15.6. The van der Waals surface area contributed by atoms with Crippen molar-refractivity contribution in [3.8, 4) is 0 Å². The zero-order valence-electron chi connectivity index (χ0n) is 23.6. The highest BCUT2D eigenvalue weighted by atomic mass is 35.5. The fourth-order valence-electron chi connectivity index (χ4n) is 6.49. The molecule has 1 aromatic heterocycles. The van der Waals surface area contributed by atoms with Crippen LogP contribution in [0.3, 0.4) is 0 Å². The lowest BCUT2D eigenvalue weighted by atomic mass is 9.87. The molecule has 2 aliphatic rings. The summed E-state index contributed by atoms with van der Waals surface area (Å²) >= 11 is 12.6. The van der Waals surface area contributed by atoms with Gasteiger partial charge >= 0.3 is 5.97 Å². The van der Waals surface area contributed by atoms with Crippen LogP contribution in [-0.2, 0) is 37.0 Å². The van der Waals surface area contributed by atoms with Crippen molar-refractivity contribution in [2.24, 2.45) is 0 Å². The van der Waals surface area contributed by atoms with Crippen LogP contribution in [0.4, 0.5) is 0 Å². The van der Waals surface area contributed by atoms with E-state index in [4.69, 9.17) is 27.9 Å². The van der Waals surface area contributed by atoms with Crippen molar-refractivity contribution < 1.29 is 14.3 Å². The molecular formula is C35H34Cl2N2O3. The molecule has 6 rings (SSSR count). The molecule has 0 amide bonds. The number of hydrogen-bond acceptors (Lipinski definition) is 4. The van der Waals surface area contributed by atoms with E-state index < -0.39 is 0 Å². The monoisotopic (exact) mass is 600 g/mol. The highest BCUT2D eigenvalue weighted by Crippen LogP contribution is 2.31. The molecule has 4 aromatic rings. The van der Waals surface area contributed by atoms with Gasteiger partial charge in [-0.15, -0.1) is 0 Å². The molecule has 7 heteroatoms. The van der Waals surface area contributed by atoms with E-state index in [0.29, 0.717) is 34.4 Å². The Morgan fingerprint density at radius 3 is 2.21 bits per heavy atom. The highest BCUT2D eigenvalue weighted by Gasteiger charge is 2.24. The molecule has 0 radical (unpaired) electrons. The topological polar surface area (TPSA) is 61.2 Å². The number of carbonyl (C=O) groups excluding carboxylic acids is 2. The summed E-state index contributed by atoms with van der Waals surface area (Å²) in [7, 11) is 0. The summed E-state index contributed by atoms with van der Waals surface area (Å²) in [6.45, 7) is 0.712. The van der Waals surface area contributed by atoms with Crippen LogP contribution in [0.2, 0.25) is 10.0 Å². The Balaban J connectivity index is 1.22. The molecule has 0 fully saturated rings. The average molecular weight is 602 g/mol. The minimum absolute atomic E-state index is 0.0630. The number of nitrogens with zero attached hydrogens (tertiary/aromatic N) is 2. The van der Waals surface area contributed by atoms with Crippen molar-refractivity contribution in [3.05, 3.63) is 122 Å². The largest absolute Gasteiger partial charge is 0.462 e. The van der Waals surface area contributed by atoms with Crippen molar-refractivity contribution in [3.63, 3.8) is 0 Å². The average Bonchev–Trinajstić information content (AvgIpc) is 3.49. The van der Waals surface area contributed by atoms with Crippen molar-refractivity contribution in [2.45, 2.75) is 70.3 Å². The van der Waals surface area contributed by atoms with Crippen LogP contribution in [0.15, 0.2) is 67.0 Å². The number of aromatic nitrogens is 2. The number of halogens is 2. The lowest BCUT2D eigenvalue weighted by molar-refractivity contribution is 0.0489. The minimum atomic E-state index is -0.283. The predicted molar refractivity (Wildman–Crippen MR) is 166 cm³/mol. The van der Waals surface area contributed by atoms with Crippen LogP contribution in [0.1, 0.15) is 92.4 Å². The number of esters is 1. The Kier molecular flexibility index (Phi) is 8.78. The van der Waals surface area contributed by atoms with E-state index in [9.17, 15) is 9.59 Å². The van der Waals surface area contributed by atoms with Gasteiger partial charge in [0.1, 0.15) is 0 Å². The summed E-state index contributed by atoms with van der Waals surface area (Å²) < 4.78 is 7.75. The third-order valence-electron chi connectivity index (χ3n) is 8.71. The molecule has 1 unspecified atom stereocenters. The summed E-state index contributed by atoms with van der Waals surface area (Å²) in [4.78, 5) is 31.4. The van der Waals surface area contributed by atoms with E-state index in [0.717, 1.165) is 73.6 Å². The Morgan fingerprint density at radius 1 is 0.833 bits per heavy atom. The minimum Gasteiger partial charge on any atom is -0.462 e. The molecule has 42 heavy (non-hydrogen) atoms. The number of ether oxygens (including phenoxy) is 1. The number of fused-ring (bicyclic) bond motifs is 2. The zero-order chi connectivity index (χ0) is 29.1. The fraction of sp³-hybridized carbons (Fsp3) is 0.343. The number of aryl methyl sites for hydroxylation is 2. The molecule has 1 heterocycles. The normalized spacial score (nSPS) is 15.0. The van der Waals surface area contributed by atoms with Crippen LogP contribution in [0, 0.1) is 0 Å². The third-order valence-corrected chi connectivity index (χ3v) is 9.45. The lowest BCUT2D eigenvalue weighted by Crippen LogP contribution is -2.19. The van der Waals surface area contributed by atoms with Gasteiger partial charge in [-0.25, -0.2) is 9.78 Å². The summed E-state index contributed by atoms with van der Waals surface area (Å²) in [6, 6.07) is 17.5. The van der Waals surface area contributed by atoms with Gasteiger partial charge in [0.15, 0.2) is 5.82 Å². The first-order valence-electron chi connectivity index (χ1n) is 14.9. The molecule has 0 N–H and O–H groups in total. The SMILES string of the molecule is O=C(OCCC(Cn1ccnc1C(=O)c1cccc2c1CCCC2)c1ccc(Cl)c(Cl)c1)c1cccc2c1CCCC2. The summed E-state index contributed by atoms with van der Waals surface area (Å²) in [5.74, 6) is -0.0319. The maximum Gasteiger partial charge on any atom is 0.338 e. The quantitative estimate of drug-likeness (QED) is 0.143. The molecule has 0 aliphatic heterocycles. The standard InChI is InChI=1S/C35H34Cl2N2O3/c36-31-16-15-25(21-32(31)37)26(17-20-42-35(41)30-14-6-10-24-8-2-4-12-28(24)30)22-39-19-18-38-34(39)33(40)29-13-5-9-23-7-1-3-11-27(23)29/h5-6,9-10,13-16,18-19,21,26H,1-4,7-8,11-12,17,20,22H2. The van der Waals surface area contributed by atoms with E-state index in [-0.39, 0.29) is 24.3 Å².